The van der Waals surface area contributed by atoms with Crippen LogP contribution in [0.3, 0.4) is 0 Å². The Bertz CT molecular complexity index is 468. The molecule has 0 saturated carbocycles. The van der Waals surface area contributed by atoms with Crippen LogP contribution in [-0.4, -0.2) is 79.9 Å². The van der Waals surface area contributed by atoms with Crippen LogP contribution in [0, 0.1) is 0 Å². The molecule has 2 rings (SSSR count). The van der Waals surface area contributed by atoms with E-state index in [0.717, 1.165) is 4.90 Å². The highest BCUT2D eigenvalue weighted by atomic mass is 32.2. The molecule has 102 valence electrons. The normalized spacial score (nSPS) is 28.1. The Balaban J connectivity index is 1.99. The Kier molecular flexibility index (Phi) is 3.43. The number of hydrogen-bond acceptors (Lipinski definition) is 5. The van der Waals surface area contributed by atoms with Gasteiger partial charge in [-0.1, -0.05) is 0 Å². The van der Waals surface area contributed by atoms with Crippen LogP contribution in [0.2, 0.25) is 0 Å². The minimum absolute atomic E-state index is 0.171. The van der Waals surface area contributed by atoms with Gasteiger partial charge in [0.15, 0.2) is 0 Å². The zero-order chi connectivity index (χ0) is 13.5. The molecule has 0 aromatic rings. The van der Waals surface area contributed by atoms with Crippen molar-refractivity contribution < 1.29 is 18.0 Å². The molecular formula is C10H17N3O4S. The summed E-state index contributed by atoms with van der Waals surface area (Å²) in [6.07, 6.45) is 1.38. The van der Waals surface area contributed by atoms with Gasteiger partial charge in [0, 0.05) is 33.2 Å². The fourth-order valence-corrected chi connectivity index (χ4v) is 3.19. The predicted octanol–water partition coefficient (Wildman–Crippen LogP) is -1.68. The molecule has 0 aliphatic carbocycles. The number of carbonyl (C=O) groups excluding carboxylic acids is 2. The molecule has 2 saturated heterocycles. The van der Waals surface area contributed by atoms with E-state index in [2.05, 4.69) is 0 Å². The van der Waals surface area contributed by atoms with Gasteiger partial charge in [-0.15, -0.1) is 0 Å². The number of sulfonamides is 1. The maximum absolute atomic E-state index is 11.8. The molecule has 0 spiro atoms. The number of nitrogens with zero attached hydrogens (tertiary/aromatic N) is 3. The van der Waals surface area contributed by atoms with Gasteiger partial charge >= 0.3 is 0 Å². The fourth-order valence-electron chi connectivity index (χ4n) is 2.37. The predicted molar refractivity (Wildman–Crippen MR) is 64.2 cm³/mol. The molecule has 0 aromatic heterocycles. The van der Waals surface area contributed by atoms with Crippen LogP contribution in [-0.2, 0) is 19.6 Å². The topological polar surface area (TPSA) is 78.0 Å². The zero-order valence-electron chi connectivity index (χ0n) is 10.5. The summed E-state index contributed by atoms with van der Waals surface area (Å²) in [6.45, 7) is 1.73. The van der Waals surface area contributed by atoms with E-state index in [9.17, 15) is 18.0 Å². The van der Waals surface area contributed by atoms with Gasteiger partial charge in [-0.25, -0.2) is 8.42 Å². The molecular weight excluding hydrogens is 258 g/mol. The summed E-state index contributed by atoms with van der Waals surface area (Å²) in [5, 5.41) is 0. The van der Waals surface area contributed by atoms with E-state index in [1.165, 1.54) is 17.6 Å². The summed E-state index contributed by atoms with van der Waals surface area (Å²) in [6, 6.07) is -0.413. The first-order valence-corrected chi connectivity index (χ1v) is 7.65. The molecule has 2 aliphatic rings. The summed E-state index contributed by atoms with van der Waals surface area (Å²) in [7, 11) is -1.68. The molecule has 2 fully saturated rings. The van der Waals surface area contributed by atoms with Crippen LogP contribution in [0.25, 0.3) is 0 Å². The van der Waals surface area contributed by atoms with Crippen LogP contribution in [0.15, 0.2) is 0 Å². The van der Waals surface area contributed by atoms with Crippen LogP contribution in [0.1, 0.15) is 6.42 Å². The molecule has 2 amide bonds. The number of likely N-dealkylation sites (tertiary alicyclic amines) is 1. The Labute approximate surface area is 106 Å². The molecule has 7 nitrogen and oxygen atoms in total. The van der Waals surface area contributed by atoms with Crippen LogP contribution in [0.5, 0.6) is 0 Å². The van der Waals surface area contributed by atoms with Crippen molar-refractivity contribution in [2.45, 2.75) is 12.5 Å². The highest BCUT2D eigenvalue weighted by molar-refractivity contribution is 7.88. The van der Waals surface area contributed by atoms with Gasteiger partial charge in [0.2, 0.25) is 21.8 Å². The summed E-state index contributed by atoms with van der Waals surface area (Å²) in [5.41, 5.74) is 0. The molecule has 2 heterocycles. The van der Waals surface area contributed by atoms with Crippen molar-refractivity contribution in [1.29, 1.82) is 0 Å². The summed E-state index contributed by atoms with van der Waals surface area (Å²) >= 11 is 0. The van der Waals surface area contributed by atoms with Crippen molar-refractivity contribution in [3.63, 3.8) is 0 Å². The van der Waals surface area contributed by atoms with Crippen LogP contribution >= 0.6 is 0 Å². The van der Waals surface area contributed by atoms with Crippen molar-refractivity contribution in [1.82, 2.24) is 14.1 Å². The Hall–Kier alpha value is -0.990. The molecule has 18 heavy (non-hydrogen) atoms. The number of likely N-dealkylation sites (N-methyl/N-ethyl adjacent to an activating group) is 1. The van der Waals surface area contributed by atoms with E-state index in [-0.39, 0.29) is 18.2 Å². The third kappa shape index (κ3) is 2.40. The zero-order valence-corrected chi connectivity index (χ0v) is 11.3. The first-order chi connectivity index (χ1) is 8.30. The third-order valence-electron chi connectivity index (χ3n) is 3.54. The third-order valence-corrected chi connectivity index (χ3v) is 4.84. The first-order valence-electron chi connectivity index (χ1n) is 5.80. The number of hydrogen-bond donors (Lipinski definition) is 0. The number of imide groups is 1. The molecule has 0 N–H and O–H groups in total. The molecule has 2 aliphatic heterocycles. The molecule has 8 heteroatoms. The minimum Gasteiger partial charge on any atom is -0.289 e. The minimum atomic E-state index is -3.16. The summed E-state index contributed by atoms with van der Waals surface area (Å²) in [4.78, 5) is 26.3. The molecule has 1 unspecified atom stereocenters. The quantitative estimate of drug-likeness (QED) is 0.563. The number of rotatable bonds is 2. The number of amides is 2. The van der Waals surface area contributed by atoms with Crippen molar-refractivity contribution >= 4 is 21.8 Å². The van der Waals surface area contributed by atoms with E-state index in [1.807, 2.05) is 4.90 Å². The van der Waals surface area contributed by atoms with Crippen molar-refractivity contribution in [2.24, 2.45) is 0 Å². The molecule has 1 atom stereocenters. The Morgan fingerprint density at radius 3 is 2.06 bits per heavy atom. The van der Waals surface area contributed by atoms with Crippen molar-refractivity contribution in [3.8, 4) is 0 Å². The highest BCUT2D eigenvalue weighted by Crippen LogP contribution is 2.19. The van der Waals surface area contributed by atoms with Gasteiger partial charge in [-0.2, -0.15) is 4.31 Å². The average molecular weight is 275 g/mol. The maximum Gasteiger partial charge on any atom is 0.246 e. The summed E-state index contributed by atoms with van der Waals surface area (Å²) in [5.74, 6) is -0.358. The maximum atomic E-state index is 11.8. The SMILES string of the molecule is CN1C(=O)CC(N2CCN(S(C)(=O)=O)CC2)C1=O. The average Bonchev–Trinajstić information content (AvgIpc) is 2.56. The molecule has 0 radical (unpaired) electrons. The standard InChI is InChI=1S/C10H17N3O4S/c1-11-9(14)7-8(10(11)15)12-3-5-13(6-4-12)18(2,16)17/h8H,3-7H2,1-2H3. The van der Waals surface area contributed by atoms with E-state index in [1.54, 1.807) is 0 Å². The number of piperazine rings is 1. The fraction of sp³-hybridized carbons (Fsp3) is 0.800. The van der Waals surface area contributed by atoms with Crippen LogP contribution in [0.4, 0.5) is 0 Å². The van der Waals surface area contributed by atoms with E-state index in [4.69, 9.17) is 0 Å². The van der Waals surface area contributed by atoms with Gasteiger partial charge in [0.05, 0.1) is 18.7 Å². The lowest BCUT2D eigenvalue weighted by atomic mass is 10.2. The van der Waals surface area contributed by atoms with E-state index >= 15 is 0 Å². The van der Waals surface area contributed by atoms with Crippen molar-refractivity contribution in [3.05, 3.63) is 0 Å². The van der Waals surface area contributed by atoms with Gasteiger partial charge in [-0.05, 0) is 0 Å². The Morgan fingerprint density at radius 2 is 1.67 bits per heavy atom. The second-order valence-corrected chi connectivity index (χ2v) is 6.69. The first kappa shape index (κ1) is 13.4. The van der Waals surface area contributed by atoms with Gasteiger partial charge in [-0.3, -0.25) is 19.4 Å². The van der Waals surface area contributed by atoms with Gasteiger partial charge in [0.1, 0.15) is 0 Å². The van der Waals surface area contributed by atoms with Gasteiger partial charge in [0.25, 0.3) is 0 Å². The van der Waals surface area contributed by atoms with E-state index < -0.39 is 16.1 Å². The number of carbonyl (C=O) groups is 2. The smallest absolute Gasteiger partial charge is 0.246 e. The largest absolute Gasteiger partial charge is 0.289 e. The second kappa shape index (κ2) is 4.60. The lowest BCUT2D eigenvalue weighted by Gasteiger charge is -2.35. The van der Waals surface area contributed by atoms with E-state index in [0.29, 0.717) is 26.2 Å². The lowest BCUT2D eigenvalue weighted by Crippen LogP contribution is -2.53. The lowest BCUT2D eigenvalue weighted by molar-refractivity contribution is -0.138. The second-order valence-electron chi connectivity index (χ2n) is 4.71. The van der Waals surface area contributed by atoms with Crippen molar-refractivity contribution in [2.75, 3.05) is 39.5 Å². The molecule has 0 aromatic carbocycles. The van der Waals surface area contributed by atoms with Crippen LogP contribution < -0.4 is 0 Å². The molecule has 0 bridgehead atoms. The highest BCUT2D eigenvalue weighted by Gasteiger charge is 2.41. The summed E-state index contributed by atoms with van der Waals surface area (Å²) < 4.78 is 24.1. The monoisotopic (exact) mass is 275 g/mol. The van der Waals surface area contributed by atoms with Gasteiger partial charge < -0.3 is 0 Å². The Morgan fingerprint density at radius 1 is 1.11 bits per heavy atom.